The molecule has 0 N–H and O–H groups in total. The van der Waals surface area contributed by atoms with Gasteiger partial charge in [-0.3, -0.25) is 9.80 Å². The van der Waals surface area contributed by atoms with Gasteiger partial charge in [-0.1, -0.05) is 0 Å². The SMILES string of the molecule is CN1CCCCC1S(=O)(=O)C1CCCCN1C. The lowest BCUT2D eigenvalue weighted by molar-refractivity contribution is 0.212. The summed E-state index contributed by atoms with van der Waals surface area (Å²) in [5.41, 5.74) is 0. The molecule has 2 aliphatic heterocycles. The molecular formula is C12H24N2O2S. The number of nitrogens with zero attached hydrogens (tertiary/aromatic N) is 2. The number of hydrogen-bond acceptors (Lipinski definition) is 4. The van der Waals surface area contributed by atoms with Gasteiger partial charge in [-0.15, -0.1) is 0 Å². The van der Waals surface area contributed by atoms with Crippen LogP contribution in [0.3, 0.4) is 0 Å². The van der Waals surface area contributed by atoms with Crippen LogP contribution in [0.2, 0.25) is 0 Å². The average Bonchev–Trinajstić information content (AvgIpc) is 2.29. The third-order valence-electron chi connectivity index (χ3n) is 4.17. The van der Waals surface area contributed by atoms with E-state index in [-0.39, 0.29) is 10.7 Å². The monoisotopic (exact) mass is 260 g/mol. The molecule has 0 aromatic rings. The van der Waals surface area contributed by atoms with Crippen LogP contribution in [-0.2, 0) is 9.84 Å². The van der Waals surface area contributed by atoms with Crippen LogP contribution >= 0.6 is 0 Å². The van der Waals surface area contributed by atoms with Gasteiger partial charge in [0.15, 0.2) is 9.84 Å². The molecular weight excluding hydrogens is 236 g/mol. The standard InChI is InChI=1S/C12H24N2O2S/c1-13-9-5-3-7-11(13)17(15,16)12-8-4-6-10-14(12)2/h11-12H,3-10H2,1-2H3. The largest absolute Gasteiger partial charge is 0.290 e. The van der Waals surface area contributed by atoms with Gasteiger partial charge in [0.1, 0.15) is 10.7 Å². The summed E-state index contributed by atoms with van der Waals surface area (Å²) in [5.74, 6) is 0. The molecule has 2 rings (SSSR count). The molecule has 2 atom stereocenters. The molecule has 17 heavy (non-hydrogen) atoms. The van der Waals surface area contributed by atoms with E-state index < -0.39 is 9.84 Å². The molecule has 0 radical (unpaired) electrons. The lowest BCUT2D eigenvalue weighted by Crippen LogP contribution is -2.51. The Morgan fingerprint density at radius 1 is 0.824 bits per heavy atom. The molecule has 0 saturated carbocycles. The molecule has 2 unspecified atom stereocenters. The molecule has 5 heteroatoms. The first-order chi connectivity index (χ1) is 8.03. The van der Waals surface area contributed by atoms with Crippen molar-refractivity contribution in [3.8, 4) is 0 Å². The number of piperidine rings is 2. The van der Waals surface area contributed by atoms with E-state index in [1.165, 1.54) is 0 Å². The van der Waals surface area contributed by atoms with Crippen molar-refractivity contribution in [2.45, 2.75) is 49.3 Å². The number of likely N-dealkylation sites (tertiary alicyclic amines) is 2. The molecule has 2 heterocycles. The Balaban J connectivity index is 2.16. The van der Waals surface area contributed by atoms with Crippen molar-refractivity contribution in [2.75, 3.05) is 27.2 Å². The van der Waals surface area contributed by atoms with Crippen molar-refractivity contribution in [1.29, 1.82) is 0 Å². The third kappa shape index (κ3) is 2.66. The van der Waals surface area contributed by atoms with E-state index in [0.29, 0.717) is 0 Å². The smallest absolute Gasteiger partial charge is 0.182 e. The number of rotatable bonds is 2. The molecule has 100 valence electrons. The van der Waals surface area contributed by atoms with E-state index in [1.807, 2.05) is 23.9 Å². The first-order valence-electron chi connectivity index (χ1n) is 6.66. The van der Waals surface area contributed by atoms with E-state index in [1.54, 1.807) is 0 Å². The zero-order valence-electron chi connectivity index (χ0n) is 10.9. The fourth-order valence-corrected chi connectivity index (χ4v) is 5.67. The fraction of sp³-hybridized carbons (Fsp3) is 1.00. The first kappa shape index (κ1) is 13.3. The van der Waals surface area contributed by atoms with Gasteiger partial charge in [-0.2, -0.15) is 0 Å². The quantitative estimate of drug-likeness (QED) is 0.750. The molecule has 2 saturated heterocycles. The number of sulfone groups is 1. The van der Waals surface area contributed by atoms with Crippen molar-refractivity contribution in [1.82, 2.24) is 9.80 Å². The molecule has 0 aliphatic carbocycles. The Kier molecular flexibility index (Phi) is 4.10. The maximum absolute atomic E-state index is 12.7. The lowest BCUT2D eigenvalue weighted by atomic mass is 10.1. The van der Waals surface area contributed by atoms with Crippen molar-refractivity contribution in [3.63, 3.8) is 0 Å². The molecule has 0 aromatic carbocycles. The fourth-order valence-electron chi connectivity index (χ4n) is 3.10. The van der Waals surface area contributed by atoms with Gasteiger partial charge in [0.2, 0.25) is 0 Å². The highest BCUT2D eigenvalue weighted by molar-refractivity contribution is 7.92. The van der Waals surface area contributed by atoms with Crippen LogP contribution in [0.5, 0.6) is 0 Å². The van der Waals surface area contributed by atoms with E-state index >= 15 is 0 Å². The Morgan fingerprint density at radius 2 is 1.24 bits per heavy atom. The molecule has 4 nitrogen and oxygen atoms in total. The predicted molar refractivity (Wildman–Crippen MR) is 69.5 cm³/mol. The van der Waals surface area contributed by atoms with Gasteiger partial charge in [0, 0.05) is 0 Å². The molecule has 0 aromatic heterocycles. The highest BCUT2D eigenvalue weighted by atomic mass is 32.2. The van der Waals surface area contributed by atoms with E-state index in [0.717, 1.165) is 51.6 Å². The van der Waals surface area contributed by atoms with Gasteiger partial charge in [0.25, 0.3) is 0 Å². The number of hydrogen-bond donors (Lipinski definition) is 0. The molecule has 2 fully saturated rings. The lowest BCUT2D eigenvalue weighted by Gasteiger charge is -2.39. The topological polar surface area (TPSA) is 40.6 Å². The van der Waals surface area contributed by atoms with Crippen LogP contribution in [0.15, 0.2) is 0 Å². The minimum atomic E-state index is -3.03. The molecule has 0 bridgehead atoms. The summed E-state index contributed by atoms with van der Waals surface area (Å²) in [7, 11) is 0.866. The van der Waals surface area contributed by atoms with E-state index in [4.69, 9.17) is 0 Å². The Hall–Kier alpha value is -0.130. The summed E-state index contributed by atoms with van der Waals surface area (Å²) in [6, 6.07) is 0. The molecule has 0 spiro atoms. The second-order valence-corrected chi connectivity index (χ2v) is 7.72. The highest BCUT2D eigenvalue weighted by Gasteiger charge is 2.40. The van der Waals surface area contributed by atoms with Crippen LogP contribution < -0.4 is 0 Å². The van der Waals surface area contributed by atoms with Gasteiger partial charge in [-0.05, 0) is 65.7 Å². The maximum atomic E-state index is 12.7. The van der Waals surface area contributed by atoms with Crippen LogP contribution in [0.1, 0.15) is 38.5 Å². The van der Waals surface area contributed by atoms with Crippen LogP contribution in [-0.4, -0.2) is 56.2 Å². The van der Waals surface area contributed by atoms with Crippen molar-refractivity contribution < 1.29 is 8.42 Å². The molecule has 0 amide bonds. The summed E-state index contributed by atoms with van der Waals surface area (Å²) in [4.78, 5) is 4.06. The minimum absolute atomic E-state index is 0.248. The van der Waals surface area contributed by atoms with E-state index in [9.17, 15) is 8.42 Å². The second-order valence-electron chi connectivity index (χ2n) is 5.45. The van der Waals surface area contributed by atoms with Crippen LogP contribution in [0.25, 0.3) is 0 Å². The van der Waals surface area contributed by atoms with Crippen LogP contribution in [0, 0.1) is 0 Å². The summed E-state index contributed by atoms with van der Waals surface area (Å²) >= 11 is 0. The summed E-state index contributed by atoms with van der Waals surface area (Å²) in [5, 5.41) is -0.497. The first-order valence-corrected chi connectivity index (χ1v) is 8.27. The van der Waals surface area contributed by atoms with Gasteiger partial charge >= 0.3 is 0 Å². The summed E-state index contributed by atoms with van der Waals surface area (Å²) in [6.45, 7) is 1.83. The highest BCUT2D eigenvalue weighted by Crippen LogP contribution is 2.28. The average molecular weight is 260 g/mol. The summed E-state index contributed by atoms with van der Waals surface area (Å²) in [6.07, 6.45) is 5.97. The Morgan fingerprint density at radius 3 is 1.59 bits per heavy atom. The second kappa shape index (κ2) is 5.24. The third-order valence-corrected chi connectivity index (χ3v) is 6.87. The zero-order valence-corrected chi connectivity index (χ0v) is 11.7. The van der Waals surface area contributed by atoms with Gasteiger partial charge in [-0.25, -0.2) is 8.42 Å². The Labute approximate surface area is 105 Å². The van der Waals surface area contributed by atoms with E-state index in [2.05, 4.69) is 0 Å². The summed E-state index contributed by atoms with van der Waals surface area (Å²) < 4.78 is 25.4. The zero-order chi connectivity index (χ0) is 12.5. The predicted octanol–water partition coefficient (Wildman–Crippen LogP) is 1.28. The van der Waals surface area contributed by atoms with Crippen molar-refractivity contribution in [2.24, 2.45) is 0 Å². The molecule has 2 aliphatic rings. The van der Waals surface area contributed by atoms with Crippen molar-refractivity contribution in [3.05, 3.63) is 0 Å². The van der Waals surface area contributed by atoms with Crippen LogP contribution in [0.4, 0.5) is 0 Å². The normalized spacial score (nSPS) is 33.8. The van der Waals surface area contributed by atoms with Crippen molar-refractivity contribution >= 4 is 9.84 Å². The van der Waals surface area contributed by atoms with Gasteiger partial charge < -0.3 is 0 Å². The maximum Gasteiger partial charge on any atom is 0.182 e. The Bertz CT molecular complexity index is 328. The minimum Gasteiger partial charge on any atom is -0.290 e. The van der Waals surface area contributed by atoms with Gasteiger partial charge in [0.05, 0.1) is 0 Å².